The first kappa shape index (κ1) is 13.4. The molecule has 1 heterocycles. The minimum absolute atomic E-state index is 0.142. The van der Waals surface area contributed by atoms with Crippen LogP contribution < -0.4 is 0 Å². The summed E-state index contributed by atoms with van der Waals surface area (Å²) in [5.41, 5.74) is 2.90. The van der Waals surface area contributed by atoms with Gasteiger partial charge in [0.05, 0.1) is 11.1 Å². The van der Waals surface area contributed by atoms with Gasteiger partial charge in [0.25, 0.3) is 0 Å². The van der Waals surface area contributed by atoms with Gasteiger partial charge in [0.15, 0.2) is 5.78 Å². The van der Waals surface area contributed by atoms with Crippen LogP contribution in [0.15, 0.2) is 48.7 Å². The first-order chi connectivity index (χ1) is 10.1. The van der Waals surface area contributed by atoms with Gasteiger partial charge < -0.3 is 0 Å². The molecule has 0 atom stereocenters. The fraction of sp³-hybridized carbons (Fsp3) is 0.111. The number of halogens is 1. The summed E-state index contributed by atoms with van der Waals surface area (Å²) < 4.78 is 14.1. The number of pyridine rings is 1. The van der Waals surface area contributed by atoms with Crippen LogP contribution in [0.4, 0.5) is 4.39 Å². The molecule has 3 heteroatoms. The molecule has 3 aromatic rings. The summed E-state index contributed by atoms with van der Waals surface area (Å²) in [6, 6.07) is 12.1. The molecular weight excluding hydrogens is 265 g/mol. The van der Waals surface area contributed by atoms with Crippen LogP contribution in [0, 0.1) is 19.7 Å². The van der Waals surface area contributed by atoms with E-state index in [9.17, 15) is 9.18 Å². The highest BCUT2D eigenvalue weighted by molar-refractivity contribution is 6.11. The second kappa shape index (κ2) is 5.09. The van der Waals surface area contributed by atoms with Crippen LogP contribution in [0.25, 0.3) is 10.9 Å². The van der Waals surface area contributed by atoms with Gasteiger partial charge in [-0.2, -0.15) is 0 Å². The molecular formula is C18H14FNO. The van der Waals surface area contributed by atoms with E-state index in [-0.39, 0.29) is 11.3 Å². The number of hydrogen-bond donors (Lipinski definition) is 0. The predicted octanol–water partition coefficient (Wildman–Crippen LogP) is 4.22. The number of aromatic nitrogens is 1. The highest BCUT2D eigenvalue weighted by Crippen LogP contribution is 2.21. The number of carbonyl (C=O) groups is 1. The van der Waals surface area contributed by atoms with E-state index in [1.807, 2.05) is 25.1 Å². The number of benzene rings is 2. The van der Waals surface area contributed by atoms with Crippen molar-refractivity contribution in [3.63, 3.8) is 0 Å². The zero-order chi connectivity index (χ0) is 15.0. The summed E-state index contributed by atoms with van der Waals surface area (Å²) in [5, 5.41) is 0.869. The molecule has 0 bridgehead atoms. The smallest absolute Gasteiger partial charge is 0.196 e. The van der Waals surface area contributed by atoms with Crippen molar-refractivity contribution in [1.82, 2.24) is 4.98 Å². The van der Waals surface area contributed by atoms with Gasteiger partial charge in [-0.05, 0) is 55.3 Å². The van der Waals surface area contributed by atoms with E-state index in [2.05, 4.69) is 4.98 Å². The Kier molecular flexibility index (Phi) is 3.26. The molecule has 0 aliphatic heterocycles. The second-order valence-corrected chi connectivity index (χ2v) is 5.18. The summed E-state index contributed by atoms with van der Waals surface area (Å²) in [6.45, 7) is 3.57. The third-order valence-corrected chi connectivity index (χ3v) is 3.52. The second-order valence-electron chi connectivity index (χ2n) is 5.18. The highest BCUT2D eigenvalue weighted by atomic mass is 19.1. The Morgan fingerprint density at radius 3 is 2.67 bits per heavy atom. The standard InChI is InChI=1S/C18H14FNO/c1-11-8-12(2)17(15(19)9-11)18(21)14-5-6-16-13(10-14)4-3-7-20-16/h3-10H,1-2H3. The summed E-state index contributed by atoms with van der Waals surface area (Å²) in [4.78, 5) is 16.8. The number of hydrogen-bond acceptors (Lipinski definition) is 2. The number of aryl methyl sites for hydroxylation is 2. The maximum Gasteiger partial charge on any atom is 0.196 e. The molecule has 3 rings (SSSR count). The molecule has 0 fully saturated rings. The first-order valence-corrected chi connectivity index (χ1v) is 6.72. The van der Waals surface area contributed by atoms with E-state index in [0.29, 0.717) is 11.1 Å². The number of fused-ring (bicyclic) bond motifs is 1. The van der Waals surface area contributed by atoms with Crippen LogP contribution in [0.1, 0.15) is 27.0 Å². The van der Waals surface area contributed by atoms with Crippen molar-refractivity contribution in [1.29, 1.82) is 0 Å². The maximum absolute atomic E-state index is 14.1. The molecule has 1 aromatic heterocycles. The Balaban J connectivity index is 2.12. The number of nitrogens with zero attached hydrogens (tertiary/aromatic N) is 1. The lowest BCUT2D eigenvalue weighted by molar-refractivity contribution is 0.103. The van der Waals surface area contributed by atoms with Gasteiger partial charge in [-0.15, -0.1) is 0 Å². The van der Waals surface area contributed by atoms with Crippen molar-refractivity contribution in [2.45, 2.75) is 13.8 Å². The number of rotatable bonds is 2. The van der Waals surface area contributed by atoms with Gasteiger partial charge in [-0.1, -0.05) is 12.1 Å². The quantitative estimate of drug-likeness (QED) is 0.657. The largest absolute Gasteiger partial charge is 0.288 e. The molecule has 0 saturated heterocycles. The SMILES string of the molecule is Cc1cc(C)c(C(=O)c2ccc3ncccc3c2)c(F)c1. The average Bonchev–Trinajstić information content (AvgIpc) is 2.45. The predicted molar refractivity (Wildman–Crippen MR) is 81.0 cm³/mol. The van der Waals surface area contributed by atoms with Crippen LogP contribution in [-0.4, -0.2) is 10.8 Å². The summed E-state index contributed by atoms with van der Waals surface area (Å²) in [5.74, 6) is -0.764. The Bertz CT molecular complexity index is 832. The Morgan fingerprint density at radius 2 is 1.90 bits per heavy atom. The molecule has 0 N–H and O–H groups in total. The summed E-state index contributed by atoms with van der Waals surface area (Å²) in [7, 11) is 0. The van der Waals surface area contributed by atoms with Crippen LogP contribution in [0.3, 0.4) is 0 Å². The highest BCUT2D eigenvalue weighted by Gasteiger charge is 2.17. The fourth-order valence-corrected chi connectivity index (χ4v) is 2.56. The Hall–Kier alpha value is -2.55. The van der Waals surface area contributed by atoms with Gasteiger partial charge in [-0.25, -0.2) is 4.39 Å². The van der Waals surface area contributed by atoms with E-state index in [1.54, 1.807) is 31.3 Å². The lowest BCUT2D eigenvalue weighted by Crippen LogP contribution is -2.07. The van der Waals surface area contributed by atoms with Crippen LogP contribution >= 0.6 is 0 Å². The van der Waals surface area contributed by atoms with E-state index in [4.69, 9.17) is 0 Å². The minimum Gasteiger partial charge on any atom is -0.288 e. The van der Waals surface area contributed by atoms with E-state index in [1.165, 1.54) is 6.07 Å². The van der Waals surface area contributed by atoms with Crippen LogP contribution in [-0.2, 0) is 0 Å². The Labute approximate surface area is 122 Å². The molecule has 104 valence electrons. The topological polar surface area (TPSA) is 30.0 Å². The van der Waals surface area contributed by atoms with E-state index >= 15 is 0 Å². The molecule has 2 aromatic carbocycles. The molecule has 2 nitrogen and oxygen atoms in total. The van der Waals surface area contributed by atoms with Crippen molar-refractivity contribution in [3.05, 3.63) is 76.7 Å². The molecule has 0 spiro atoms. The summed E-state index contributed by atoms with van der Waals surface area (Å²) in [6.07, 6.45) is 1.70. The van der Waals surface area contributed by atoms with Crippen LogP contribution in [0.5, 0.6) is 0 Å². The van der Waals surface area contributed by atoms with Crippen molar-refractivity contribution >= 4 is 16.7 Å². The van der Waals surface area contributed by atoms with Gasteiger partial charge >= 0.3 is 0 Å². The van der Waals surface area contributed by atoms with E-state index in [0.717, 1.165) is 16.5 Å². The lowest BCUT2D eigenvalue weighted by atomic mass is 9.96. The zero-order valence-corrected chi connectivity index (χ0v) is 11.9. The summed E-state index contributed by atoms with van der Waals surface area (Å²) >= 11 is 0. The van der Waals surface area contributed by atoms with Crippen molar-refractivity contribution in [3.8, 4) is 0 Å². The van der Waals surface area contributed by atoms with Crippen molar-refractivity contribution in [2.75, 3.05) is 0 Å². The van der Waals surface area contributed by atoms with Gasteiger partial charge in [0, 0.05) is 17.1 Å². The molecule has 0 saturated carbocycles. The van der Waals surface area contributed by atoms with Gasteiger partial charge in [-0.3, -0.25) is 9.78 Å². The van der Waals surface area contributed by atoms with Crippen molar-refractivity contribution in [2.24, 2.45) is 0 Å². The normalized spacial score (nSPS) is 10.8. The molecule has 0 aliphatic carbocycles. The zero-order valence-electron chi connectivity index (χ0n) is 11.9. The third kappa shape index (κ3) is 2.42. The van der Waals surface area contributed by atoms with Crippen LogP contribution in [0.2, 0.25) is 0 Å². The fourth-order valence-electron chi connectivity index (χ4n) is 2.56. The Morgan fingerprint density at radius 1 is 1.10 bits per heavy atom. The molecule has 0 amide bonds. The monoisotopic (exact) mass is 279 g/mol. The third-order valence-electron chi connectivity index (χ3n) is 3.52. The van der Waals surface area contributed by atoms with Gasteiger partial charge in [0.2, 0.25) is 0 Å². The molecule has 0 radical (unpaired) electrons. The number of ketones is 1. The average molecular weight is 279 g/mol. The van der Waals surface area contributed by atoms with E-state index < -0.39 is 5.82 Å². The maximum atomic E-state index is 14.1. The first-order valence-electron chi connectivity index (χ1n) is 6.72. The molecule has 0 unspecified atom stereocenters. The number of carbonyl (C=O) groups excluding carboxylic acids is 1. The van der Waals surface area contributed by atoms with Crippen molar-refractivity contribution < 1.29 is 9.18 Å². The minimum atomic E-state index is -0.469. The molecule has 21 heavy (non-hydrogen) atoms. The van der Waals surface area contributed by atoms with Gasteiger partial charge in [0.1, 0.15) is 5.82 Å². The molecule has 0 aliphatic rings. The lowest BCUT2D eigenvalue weighted by Gasteiger charge is -2.08.